The predicted molar refractivity (Wildman–Crippen MR) is 95.7 cm³/mol. The molecule has 2 rings (SSSR count). The highest BCUT2D eigenvalue weighted by atomic mass is 35.5. The minimum absolute atomic E-state index is 0.0777. The number of hydrogen-bond acceptors (Lipinski definition) is 3. The summed E-state index contributed by atoms with van der Waals surface area (Å²) in [4.78, 5) is 12.3. The molecule has 0 aromatic heterocycles. The number of amides is 2. The van der Waals surface area contributed by atoms with Crippen molar-refractivity contribution in [2.45, 2.75) is 18.9 Å². The lowest BCUT2D eigenvalue weighted by atomic mass is 10.0. The van der Waals surface area contributed by atoms with Gasteiger partial charge in [-0.15, -0.1) is 0 Å². The van der Waals surface area contributed by atoms with Crippen molar-refractivity contribution in [3.63, 3.8) is 0 Å². The minimum atomic E-state index is -0.364. The van der Waals surface area contributed by atoms with Crippen molar-refractivity contribution in [1.82, 2.24) is 5.32 Å². The Balaban J connectivity index is 2.07. The van der Waals surface area contributed by atoms with E-state index >= 15 is 0 Å². The number of carbonyl (C=O) groups excluding carboxylic acids is 1. The van der Waals surface area contributed by atoms with Crippen LogP contribution in [0.25, 0.3) is 0 Å². The number of anilines is 1. The number of aliphatic hydroxyl groups is 1. The Morgan fingerprint density at radius 3 is 2.67 bits per heavy atom. The average Bonchev–Trinajstić information content (AvgIpc) is 2.61. The number of nitrogens with one attached hydrogen (secondary N) is 2. The summed E-state index contributed by atoms with van der Waals surface area (Å²) in [6.45, 7) is 0.0777. The first-order chi connectivity index (χ1) is 11.6. The van der Waals surface area contributed by atoms with Crippen LogP contribution in [0.2, 0.25) is 5.02 Å². The first-order valence-electron chi connectivity index (χ1n) is 7.71. The molecule has 2 aromatic rings. The number of carbonyl (C=O) groups is 1. The molecule has 5 nitrogen and oxygen atoms in total. The maximum atomic E-state index is 12.3. The van der Waals surface area contributed by atoms with Gasteiger partial charge in [-0.25, -0.2) is 4.79 Å². The summed E-state index contributed by atoms with van der Waals surface area (Å²) < 4.78 is 5.14. The predicted octanol–water partition coefficient (Wildman–Crippen LogP) is 3.98. The van der Waals surface area contributed by atoms with E-state index in [0.29, 0.717) is 29.3 Å². The molecule has 1 atom stereocenters. The van der Waals surface area contributed by atoms with Crippen LogP contribution in [0.1, 0.15) is 24.4 Å². The van der Waals surface area contributed by atoms with Crippen LogP contribution in [-0.2, 0) is 0 Å². The molecule has 3 N–H and O–H groups in total. The molecular formula is C18H21ClN2O3. The van der Waals surface area contributed by atoms with Crippen LogP contribution in [0.5, 0.6) is 5.75 Å². The van der Waals surface area contributed by atoms with Gasteiger partial charge in [0.25, 0.3) is 0 Å². The van der Waals surface area contributed by atoms with Gasteiger partial charge < -0.3 is 20.5 Å². The third-order valence-electron chi connectivity index (χ3n) is 3.58. The van der Waals surface area contributed by atoms with Gasteiger partial charge in [-0.3, -0.25) is 0 Å². The average molecular weight is 349 g/mol. The van der Waals surface area contributed by atoms with Gasteiger partial charge in [0.15, 0.2) is 0 Å². The van der Waals surface area contributed by atoms with E-state index in [0.717, 1.165) is 5.56 Å². The van der Waals surface area contributed by atoms with E-state index in [9.17, 15) is 4.79 Å². The Bertz CT molecular complexity index is 665. The molecule has 2 amide bonds. The van der Waals surface area contributed by atoms with E-state index in [4.69, 9.17) is 21.4 Å². The van der Waals surface area contributed by atoms with Crippen LogP contribution in [0.15, 0.2) is 48.5 Å². The molecule has 0 saturated carbocycles. The Morgan fingerprint density at radius 2 is 2.00 bits per heavy atom. The van der Waals surface area contributed by atoms with E-state index in [2.05, 4.69) is 10.6 Å². The van der Waals surface area contributed by atoms with Crippen molar-refractivity contribution in [3.8, 4) is 5.75 Å². The lowest BCUT2D eigenvalue weighted by Gasteiger charge is -2.19. The summed E-state index contributed by atoms with van der Waals surface area (Å²) >= 11 is 6.10. The third kappa shape index (κ3) is 5.15. The molecule has 0 radical (unpaired) electrons. The number of benzene rings is 2. The number of rotatable bonds is 7. The second kappa shape index (κ2) is 9.15. The van der Waals surface area contributed by atoms with Gasteiger partial charge in [0.1, 0.15) is 5.75 Å². The maximum Gasteiger partial charge on any atom is 0.319 e. The van der Waals surface area contributed by atoms with Crippen LogP contribution in [0.4, 0.5) is 10.5 Å². The van der Waals surface area contributed by atoms with Gasteiger partial charge in [0.05, 0.1) is 23.9 Å². The van der Waals surface area contributed by atoms with Gasteiger partial charge in [-0.1, -0.05) is 41.9 Å². The first-order valence-corrected chi connectivity index (χ1v) is 8.08. The number of ether oxygens (including phenoxy) is 1. The fourth-order valence-corrected chi connectivity index (χ4v) is 2.51. The molecule has 0 aliphatic rings. The van der Waals surface area contributed by atoms with Crippen LogP contribution in [0.3, 0.4) is 0 Å². The van der Waals surface area contributed by atoms with Gasteiger partial charge in [0, 0.05) is 12.7 Å². The fraction of sp³-hybridized carbons (Fsp3) is 0.278. The van der Waals surface area contributed by atoms with Gasteiger partial charge >= 0.3 is 6.03 Å². The highest BCUT2D eigenvalue weighted by molar-refractivity contribution is 6.33. The van der Waals surface area contributed by atoms with Crippen LogP contribution < -0.4 is 15.4 Å². The zero-order valence-corrected chi connectivity index (χ0v) is 14.2. The Hall–Kier alpha value is -2.24. The lowest BCUT2D eigenvalue weighted by molar-refractivity contribution is 0.244. The van der Waals surface area contributed by atoms with Crippen LogP contribution >= 0.6 is 11.6 Å². The Kier molecular flexibility index (Phi) is 6.90. The lowest BCUT2D eigenvalue weighted by Crippen LogP contribution is -2.32. The molecule has 128 valence electrons. The molecule has 0 unspecified atom stereocenters. The zero-order chi connectivity index (χ0) is 17.4. The highest BCUT2D eigenvalue weighted by Gasteiger charge is 2.15. The number of hydrogen-bond donors (Lipinski definition) is 3. The van der Waals surface area contributed by atoms with E-state index < -0.39 is 0 Å². The summed E-state index contributed by atoms with van der Waals surface area (Å²) in [5.74, 6) is 0.606. The van der Waals surface area contributed by atoms with Crippen molar-refractivity contribution in [1.29, 1.82) is 0 Å². The molecule has 0 spiro atoms. The van der Waals surface area contributed by atoms with Crippen LogP contribution in [0, 0.1) is 0 Å². The topological polar surface area (TPSA) is 70.6 Å². The molecule has 0 aliphatic heterocycles. The molecule has 24 heavy (non-hydrogen) atoms. The quantitative estimate of drug-likeness (QED) is 0.708. The molecule has 6 heteroatoms. The smallest absolute Gasteiger partial charge is 0.319 e. The monoisotopic (exact) mass is 348 g/mol. The van der Waals surface area contributed by atoms with Crippen LogP contribution in [-0.4, -0.2) is 24.9 Å². The fourth-order valence-electron chi connectivity index (χ4n) is 2.35. The van der Waals surface area contributed by atoms with Crippen molar-refractivity contribution in [2.75, 3.05) is 19.0 Å². The van der Waals surface area contributed by atoms with Crippen molar-refractivity contribution in [3.05, 3.63) is 59.1 Å². The molecule has 0 bridgehead atoms. The van der Waals surface area contributed by atoms with E-state index in [1.807, 2.05) is 30.3 Å². The summed E-state index contributed by atoms with van der Waals surface area (Å²) in [6, 6.07) is 14.1. The van der Waals surface area contributed by atoms with Crippen molar-refractivity contribution < 1.29 is 14.6 Å². The van der Waals surface area contributed by atoms with E-state index in [-0.39, 0.29) is 18.7 Å². The third-order valence-corrected chi connectivity index (χ3v) is 3.91. The van der Waals surface area contributed by atoms with Gasteiger partial charge in [-0.2, -0.15) is 0 Å². The summed E-state index contributed by atoms with van der Waals surface area (Å²) in [5.41, 5.74) is 1.46. The summed E-state index contributed by atoms with van der Waals surface area (Å²) in [7, 11) is 1.55. The van der Waals surface area contributed by atoms with Gasteiger partial charge in [0.2, 0.25) is 0 Å². The first kappa shape index (κ1) is 18.1. The summed E-state index contributed by atoms with van der Waals surface area (Å²) in [5, 5.41) is 15.2. The van der Waals surface area contributed by atoms with E-state index in [1.165, 1.54) is 0 Å². The molecule has 0 aliphatic carbocycles. The Morgan fingerprint density at radius 1 is 1.25 bits per heavy atom. The maximum absolute atomic E-state index is 12.3. The van der Waals surface area contributed by atoms with Gasteiger partial charge in [-0.05, 0) is 30.5 Å². The van der Waals surface area contributed by atoms with E-state index in [1.54, 1.807) is 25.3 Å². The highest BCUT2D eigenvalue weighted by Crippen LogP contribution is 2.27. The number of methoxy groups -OCH3 is 1. The number of halogens is 1. The summed E-state index contributed by atoms with van der Waals surface area (Å²) in [6.07, 6.45) is 1.24. The SMILES string of the molecule is COc1ccc(Cl)c(NC(=O)N[C@H](CCCO)c2ccccc2)c1. The zero-order valence-electron chi connectivity index (χ0n) is 13.5. The second-order valence-electron chi connectivity index (χ2n) is 5.27. The second-order valence-corrected chi connectivity index (χ2v) is 5.68. The minimum Gasteiger partial charge on any atom is -0.497 e. The molecule has 0 heterocycles. The number of aliphatic hydroxyl groups excluding tert-OH is 1. The molecule has 2 aromatic carbocycles. The largest absolute Gasteiger partial charge is 0.497 e. The molecule has 0 fully saturated rings. The normalized spacial score (nSPS) is 11.6. The number of urea groups is 1. The Labute approximate surface area is 146 Å². The van der Waals surface area contributed by atoms with Crippen molar-refractivity contribution >= 4 is 23.3 Å². The molecular weight excluding hydrogens is 328 g/mol. The van der Waals surface area contributed by atoms with Crippen molar-refractivity contribution in [2.24, 2.45) is 0 Å². The molecule has 0 saturated heterocycles. The standard InChI is InChI=1S/C18H21ClN2O3/c1-24-14-9-10-15(19)17(12-14)21-18(23)20-16(8-5-11-22)13-6-3-2-4-7-13/h2-4,6-7,9-10,12,16,22H,5,8,11H2,1H3,(H2,20,21,23)/t16-/m1/s1.